The third-order valence-electron chi connectivity index (χ3n) is 15.2. The number of urea groups is 1. The van der Waals surface area contributed by atoms with Gasteiger partial charge in [0.25, 0.3) is 0 Å². The average molecular weight is 963 g/mol. The van der Waals surface area contributed by atoms with Crippen LogP contribution in [0.2, 0.25) is 0 Å². The molecule has 364 valence electrons. The van der Waals surface area contributed by atoms with Crippen LogP contribution >= 0.6 is 0 Å². The zero-order chi connectivity index (χ0) is 48.0. The Balaban J connectivity index is 0.666. The molecule has 0 aromatic carbocycles. The van der Waals surface area contributed by atoms with Crippen molar-refractivity contribution in [3.05, 3.63) is 119 Å². The summed E-state index contributed by atoms with van der Waals surface area (Å²) in [5.41, 5.74) is 17.8. The van der Waals surface area contributed by atoms with Crippen molar-refractivity contribution in [3.63, 3.8) is 0 Å². The number of nitrogens with zero attached hydrogens (tertiary/aromatic N) is 14. The summed E-state index contributed by atoms with van der Waals surface area (Å²) in [4.78, 5) is 60.1. The standard InChI is InChI=1S/C53H54N16O3/c1-31-7-3-9-35(56-31)49-47(43-11-5-17-68(43)62-49)33-13-15-54-37(23-33)51-58-39-25-64(26-40(39)59-51)45-29-71-21-19-66(45)53(70)67-20-22-72-30-46(67)65-27-41-42(28-65)61-52(60-41)38-24-34(14-16-55-38)48-44-12-6-18-69(44)63-50(48)36-10-4-8-32(2)57-36/h3-4,7-10,13-16,23-24,45-46H,5-6,11-12,17-22,25-30H2,1-2H3,(H,58,59)(H,60,61). The number of hydrogen-bond acceptors (Lipinski definition) is 13. The lowest BCUT2D eigenvalue weighted by molar-refractivity contribution is -0.0922. The average Bonchev–Trinajstić information content (AvgIpc) is 4.27. The first-order chi connectivity index (χ1) is 35.4. The Labute approximate surface area is 415 Å². The summed E-state index contributed by atoms with van der Waals surface area (Å²) in [6, 6.07) is 20.5. The fraction of sp³-hybridized carbons (Fsp3) is 0.377. The first-order valence-electron chi connectivity index (χ1n) is 25.2. The molecule has 6 aliphatic heterocycles. The molecule has 8 aromatic rings. The van der Waals surface area contributed by atoms with Crippen molar-refractivity contribution in [1.82, 2.24) is 79.0 Å². The van der Waals surface area contributed by atoms with E-state index in [1.165, 1.54) is 11.4 Å². The molecule has 2 atom stereocenters. The molecular formula is C53H54N16O3. The number of amides is 2. The van der Waals surface area contributed by atoms with Crippen molar-refractivity contribution in [2.24, 2.45) is 0 Å². The van der Waals surface area contributed by atoms with Crippen LogP contribution in [0.1, 0.15) is 58.4 Å². The predicted molar refractivity (Wildman–Crippen MR) is 265 cm³/mol. The van der Waals surface area contributed by atoms with E-state index >= 15 is 0 Å². The largest absolute Gasteiger partial charge is 0.376 e. The van der Waals surface area contributed by atoms with E-state index in [2.05, 4.69) is 53.4 Å². The second kappa shape index (κ2) is 17.4. The quantitative estimate of drug-likeness (QED) is 0.171. The number of nitrogens with one attached hydrogen (secondary N) is 2. The van der Waals surface area contributed by atoms with Gasteiger partial charge < -0.3 is 29.2 Å². The number of aromatic amines is 2. The smallest absolute Gasteiger partial charge is 0.322 e. The van der Waals surface area contributed by atoms with Gasteiger partial charge >= 0.3 is 6.03 Å². The Bertz CT molecular complexity index is 3160. The van der Waals surface area contributed by atoms with Crippen molar-refractivity contribution in [2.45, 2.75) is 91.1 Å². The molecule has 19 heteroatoms. The first-order valence-corrected chi connectivity index (χ1v) is 25.2. The molecule has 19 nitrogen and oxygen atoms in total. The number of rotatable bonds is 8. The van der Waals surface area contributed by atoms with E-state index in [0.717, 1.165) is 141 Å². The predicted octanol–water partition coefficient (Wildman–Crippen LogP) is 6.39. The minimum absolute atomic E-state index is 0.00851. The molecule has 2 N–H and O–H groups in total. The molecule has 2 amide bonds. The maximum absolute atomic E-state index is 14.9. The number of imidazole rings is 2. The molecule has 0 aliphatic carbocycles. The van der Waals surface area contributed by atoms with Crippen molar-refractivity contribution >= 4 is 6.03 Å². The number of aromatic nitrogens is 12. The van der Waals surface area contributed by atoms with Gasteiger partial charge in [-0.2, -0.15) is 10.2 Å². The number of pyridine rings is 4. The van der Waals surface area contributed by atoms with Crippen LogP contribution in [-0.2, 0) is 61.6 Å². The second-order valence-corrected chi connectivity index (χ2v) is 19.8. The normalized spacial score (nSPS) is 19.8. The summed E-state index contributed by atoms with van der Waals surface area (Å²) in [5, 5.41) is 10.1. The van der Waals surface area contributed by atoms with Crippen LogP contribution in [-0.4, -0.2) is 137 Å². The van der Waals surface area contributed by atoms with Gasteiger partial charge in [-0.1, -0.05) is 12.1 Å². The summed E-state index contributed by atoms with van der Waals surface area (Å²) in [5.74, 6) is 1.46. The van der Waals surface area contributed by atoms with Gasteiger partial charge in [-0.05, 0) is 99.2 Å². The van der Waals surface area contributed by atoms with E-state index in [-0.39, 0.29) is 18.4 Å². The summed E-state index contributed by atoms with van der Waals surface area (Å²) in [6.07, 6.45) is 7.29. The lowest BCUT2D eigenvalue weighted by Crippen LogP contribution is -2.64. The number of aryl methyl sites for hydroxylation is 4. The molecule has 2 saturated heterocycles. The van der Waals surface area contributed by atoms with E-state index in [1.54, 1.807) is 0 Å². The van der Waals surface area contributed by atoms with Gasteiger partial charge in [-0.3, -0.25) is 39.1 Å². The molecule has 14 rings (SSSR count). The van der Waals surface area contributed by atoms with Crippen molar-refractivity contribution in [1.29, 1.82) is 0 Å². The number of carbonyl (C=O) groups excluding carboxylic acids is 1. The van der Waals surface area contributed by atoms with Gasteiger partial charge in [-0.15, -0.1) is 0 Å². The molecule has 0 saturated carbocycles. The zero-order valence-electron chi connectivity index (χ0n) is 40.4. The molecule has 2 unspecified atom stereocenters. The molecule has 2 fully saturated rings. The third-order valence-corrected chi connectivity index (χ3v) is 15.2. The lowest BCUT2D eigenvalue weighted by atomic mass is 10.00. The van der Waals surface area contributed by atoms with Gasteiger partial charge in [0.2, 0.25) is 0 Å². The first kappa shape index (κ1) is 43.3. The summed E-state index contributed by atoms with van der Waals surface area (Å²) < 4.78 is 16.4. The lowest BCUT2D eigenvalue weighted by Gasteiger charge is -2.46. The summed E-state index contributed by atoms with van der Waals surface area (Å²) in [6.45, 7) is 11.0. The number of morpholine rings is 2. The number of hydrogen-bond donors (Lipinski definition) is 2. The molecule has 0 radical (unpaired) electrons. The van der Waals surface area contributed by atoms with Crippen LogP contribution in [0.25, 0.3) is 68.1 Å². The van der Waals surface area contributed by atoms with E-state index in [4.69, 9.17) is 49.6 Å². The number of ether oxygens (including phenoxy) is 2. The third kappa shape index (κ3) is 7.43. The van der Waals surface area contributed by atoms with E-state index in [9.17, 15) is 4.79 Å². The molecule has 8 aromatic heterocycles. The van der Waals surface area contributed by atoms with Gasteiger partial charge in [0.15, 0.2) is 11.6 Å². The Morgan fingerprint density at radius 1 is 0.583 bits per heavy atom. The fourth-order valence-corrected chi connectivity index (χ4v) is 11.8. The fourth-order valence-electron chi connectivity index (χ4n) is 11.8. The maximum atomic E-state index is 14.9. The highest BCUT2D eigenvalue weighted by Crippen LogP contribution is 2.40. The van der Waals surface area contributed by atoms with Crippen molar-refractivity contribution in [3.8, 4) is 68.1 Å². The van der Waals surface area contributed by atoms with E-state index in [0.29, 0.717) is 65.7 Å². The Morgan fingerprint density at radius 2 is 1.07 bits per heavy atom. The summed E-state index contributed by atoms with van der Waals surface area (Å²) >= 11 is 0. The molecule has 6 aliphatic rings. The van der Waals surface area contributed by atoms with Crippen LogP contribution in [0.5, 0.6) is 0 Å². The van der Waals surface area contributed by atoms with Crippen LogP contribution in [0.15, 0.2) is 73.1 Å². The SMILES string of the molecule is Cc1cccc(-c2nn3c(c2-c2ccnc(-c4nc5c([nH]4)CN(C4COCCN4C(=O)N4CCOCC4N4Cc6nc(-c7cc(-c8c(-c9cccc(C)n9)nn9c8CCC9)ccn7)[nH]c6C4)C5)c2)CCC3)n1. The Morgan fingerprint density at radius 3 is 1.53 bits per heavy atom. The van der Waals surface area contributed by atoms with Crippen LogP contribution < -0.4 is 0 Å². The van der Waals surface area contributed by atoms with Gasteiger partial charge in [0, 0.05) is 98.7 Å². The van der Waals surface area contributed by atoms with Crippen molar-refractivity contribution in [2.75, 3.05) is 39.5 Å². The molecule has 0 spiro atoms. The molecule has 14 heterocycles. The molecule has 0 bridgehead atoms. The van der Waals surface area contributed by atoms with Crippen LogP contribution in [0, 0.1) is 13.8 Å². The molecule has 72 heavy (non-hydrogen) atoms. The highest BCUT2D eigenvalue weighted by Gasteiger charge is 2.43. The van der Waals surface area contributed by atoms with Crippen molar-refractivity contribution < 1.29 is 14.3 Å². The van der Waals surface area contributed by atoms with E-state index < -0.39 is 0 Å². The number of fused-ring (bicyclic) bond motifs is 4. The minimum atomic E-state index is -0.257. The van der Waals surface area contributed by atoms with Gasteiger partial charge in [-0.25, -0.2) is 14.8 Å². The number of carbonyl (C=O) groups is 1. The highest BCUT2D eigenvalue weighted by atomic mass is 16.5. The zero-order valence-corrected chi connectivity index (χ0v) is 40.4. The topological polar surface area (TPSA) is 193 Å². The van der Waals surface area contributed by atoms with E-state index in [1.807, 2.05) is 72.4 Å². The highest BCUT2D eigenvalue weighted by molar-refractivity contribution is 5.84. The maximum Gasteiger partial charge on any atom is 0.322 e. The number of H-pyrrole nitrogens is 2. The Kier molecular flexibility index (Phi) is 10.5. The Hall–Kier alpha value is -7.45. The summed E-state index contributed by atoms with van der Waals surface area (Å²) in [7, 11) is 0. The van der Waals surface area contributed by atoms with Gasteiger partial charge in [0.1, 0.15) is 35.1 Å². The monoisotopic (exact) mass is 962 g/mol. The second-order valence-electron chi connectivity index (χ2n) is 19.8. The minimum Gasteiger partial charge on any atom is -0.376 e. The molecular weight excluding hydrogens is 909 g/mol. The van der Waals surface area contributed by atoms with Crippen LogP contribution in [0.4, 0.5) is 4.79 Å². The van der Waals surface area contributed by atoms with Crippen LogP contribution in [0.3, 0.4) is 0 Å². The van der Waals surface area contributed by atoms with Gasteiger partial charge in [0.05, 0.1) is 60.6 Å².